The first-order valence-electron chi connectivity index (χ1n) is 6.42. The molecule has 0 aliphatic heterocycles. The minimum atomic E-state index is 0.632. The van der Waals surface area contributed by atoms with Gasteiger partial charge >= 0.3 is 0 Å². The quantitative estimate of drug-likeness (QED) is 0.861. The van der Waals surface area contributed by atoms with Gasteiger partial charge in [0, 0.05) is 31.1 Å². The molecule has 0 aromatic carbocycles. The Bertz CT molecular complexity index is 514. The molecule has 0 amide bonds. The topological polar surface area (TPSA) is 47.0 Å². The summed E-state index contributed by atoms with van der Waals surface area (Å²) < 4.78 is 5.82. The third kappa shape index (κ3) is 4.03. The molecule has 0 radical (unpaired) electrons. The van der Waals surface area contributed by atoms with Crippen LogP contribution in [0.2, 0.25) is 0 Å². The van der Waals surface area contributed by atoms with Gasteiger partial charge in [-0.1, -0.05) is 6.07 Å². The van der Waals surface area contributed by atoms with Crippen LogP contribution in [-0.2, 0) is 13.0 Å². The van der Waals surface area contributed by atoms with Crippen LogP contribution in [0.25, 0.3) is 0 Å². The van der Waals surface area contributed by atoms with Crippen molar-refractivity contribution >= 4 is 0 Å². The second-order valence-corrected chi connectivity index (χ2v) is 4.39. The van der Waals surface area contributed by atoms with Crippen LogP contribution in [0.4, 0.5) is 0 Å². The van der Waals surface area contributed by atoms with Gasteiger partial charge < -0.3 is 10.1 Å². The number of nitrogens with one attached hydrogen (secondary N) is 1. The molecule has 1 N–H and O–H groups in total. The van der Waals surface area contributed by atoms with Crippen molar-refractivity contribution in [1.29, 1.82) is 0 Å². The maximum Gasteiger partial charge on any atom is 0.142 e. The van der Waals surface area contributed by atoms with Crippen molar-refractivity contribution in [2.45, 2.75) is 19.9 Å². The molecule has 0 aliphatic rings. The summed E-state index contributed by atoms with van der Waals surface area (Å²) >= 11 is 0. The lowest BCUT2D eigenvalue weighted by atomic mass is 10.2. The van der Waals surface area contributed by atoms with Crippen molar-refractivity contribution in [3.8, 4) is 5.75 Å². The molecular weight excluding hydrogens is 238 g/mol. The molecule has 0 spiro atoms. The van der Waals surface area contributed by atoms with Crippen LogP contribution in [-0.4, -0.2) is 23.6 Å². The molecule has 0 bridgehead atoms. The SMILES string of the molecule is CNCc1nc(C)ccc1OCCc1cccnc1. The molecule has 2 rings (SSSR count). The number of ether oxygens (including phenoxy) is 1. The van der Waals surface area contributed by atoms with Crippen LogP contribution in [0, 0.1) is 6.92 Å². The summed E-state index contributed by atoms with van der Waals surface area (Å²) in [6, 6.07) is 7.95. The standard InChI is InChI=1S/C15H19N3O/c1-12-5-6-15(14(18-12)11-16-2)19-9-7-13-4-3-8-17-10-13/h3-6,8,10,16H,7,9,11H2,1-2H3. The van der Waals surface area contributed by atoms with Gasteiger partial charge in [-0.05, 0) is 37.7 Å². The molecule has 2 heterocycles. The van der Waals surface area contributed by atoms with E-state index < -0.39 is 0 Å². The predicted molar refractivity (Wildman–Crippen MR) is 75.2 cm³/mol. The van der Waals surface area contributed by atoms with E-state index in [-0.39, 0.29) is 0 Å². The smallest absolute Gasteiger partial charge is 0.142 e. The van der Waals surface area contributed by atoms with Crippen molar-refractivity contribution in [1.82, 2.24) is 15.3 Å². The zero-order chi connectivity index (χ0) is 13.5. The van der Waals surface area contributed by atoms with Gasteiger partial charge in [-0.25, -0.2) is 0 Å². The zero-order valence-corrected chi connectivity index (χ0v) is 11.4. The fraction of sp³-hybridized carbons (Fsp3) is 0.333. The van der Waals surface area contributed by atoms with E-state index in [1.54, 1.807) is 6.20 Å². The molecule has 0 atom stereocenters. The first kappa shape index (κ1) is 13.5. The highest BCUT2D eigenvalue weighted by atomic mass is 16.5. The lowest BCUT2D eigenvalue weighted by Crippen LogP contribution is -2.11. The maximum absolute atomic E-state index is 5.82. The monoisotopic (exact) mass is 257 g/mol. The van der Waals surface area contributed by atoms with Crippen LogP contribution in [0.1, 0.15) is 17.0 Å². The van der Waals surface area contributed by atoms with Gasteiger partial charge in [-0.15, -0.1) is 0 Å². The summed E-state index contributed by atoms with van der Waals surface area (Å²) in [5.41, 5.74) is 3.14. The van der Waals surface area contributed by atoms with Crippen LogP contribution in [0.15, 0.2) is 36.7 Å². The Labute approximate surface area is 113 Å². The number of aryl methyl sites for hydroxylation is 1. The Morgan fingerprint density at radius 3 is 2.89 bits per heavy atom. The van der Waals surface area contributed by atoms with Crippen molar-refractivity contribution in [2.24, 2.45) is 0 Å². The molecular formula is C15H19N3O. The number of hydrogen-bond donors (Lipinski definition) is 1. The number of aromatic nitrogens is 2. The minimum absolute atomic E-state index is 0.632. The fourth-order valence-electron chi connectivity index (χ4n) is 1.85. The van der Waals surface area contributed by atoms with Crippen molar-refractivity contribution < 1.29 is 4.74 Å². The lowest BCUT2D eigenvalue weighted by Gasteiger charge is -2.11. The minimum Gasteiger partial charge on any atom is -0.491 e. The largest absolute Gasteiger partial charge is 0.491 e. The van der Waals surface area contributed by atoms with Gasteiger partial charge in [0.05, 0.1) is 12.3 Å². The van der Waals surface area contributed by atoms with E-state index in [1.165, 1.54) is 5.56 Å². The molecule has 0 saturated heterocycles. The van der Waals surface area contributed by atoms with E-state index in [9.17, 15) is 0 Å². The summed E-state index contributed by atoms with van der Waals surface area (Å²) in [6.07, 6.45) is 4.49. The van der Waals surface area contributed by atoms with Gasteiger partial charge in [-0.2, -0.15) is 0 Å². The molecule has 4 heteroatoms. The Kier molecular flexibility index (Phi) is 4.86. The highest BCUT2D eigenvalue weighted by Crippen LogP contribution is 2.17. The maximum atomic E-state index is 5.82. The molecule has 100 valence electrons. The summed E-state index contributed by atoms with van der Waals surface area (Å²) in [5.74, 6) is 0.851. The third-order valence-corrected chi connectivity index (χ3v) is 2.79. The predicted octanol–water partition coefficient (Wildman–Crippen LogP) is 2.13. The average Bonchev–Trinajstić information content (AvgIpc) is 2.43. The van der Waals surface area contributed by atoms with Crippen LogP contribution in [0.3, 0.4) is 0 Å². The van der Waals surface area contributed by atoms with Gasteiger partial charge in [0.15, 0.2) is 0 Å². The Hall–Kier alpha value is -1.94. The van der Waals surface area contributed by atoms with E-state index in [4.69, 9.17) is 4.74 Å². The van der Waals surface area contributed by atoms with Gasteiger partial charge in [0.1, 0.15) is 5.75 Å². The summed E-state index contributed by atoms with van der Waals surface area (Å²) in [4.78, 5) is 8.58. The highest BCUT2D eigenvalue weighted by molar-refractivity contribution is 5.29. The normalized spacial score (nSPS) is 10.4. The Morgan fingerprint density at radius 2 is 2.16 bits per heavy atom. The molecule has 0 fully saturated rings. The highest BCUT2D eigenvalue weighted by Gasteiger charge is 2.05. The Balaban J connectivity index is 1.95. The second kappa shape index (κ2) is 6.85. The number of nitrogens with zero attached hydrogens (tertiary/aromatic N) is 2. The number of pyridine rings is 2. The molecule has 19 heavy (non-hydrogen) atoms. The third-order valence-electron chi connectivity index (χ3n) is 2.79. The summed E-state index contributed by atoms with van der Waals surface area (Å²) in [5, 5.41) is 3.11. The van der Waals surface area contributed by atoms with Crippen molar-refractivity contribution in [3.63, 3.8) is 0 Å². The van der Waals surface area contributed by atoms with E-state index in [2.05, 4.69) is 21.4 Å². The van der Waals surface area contributed by atoms with E-state index >= 15 is 0 Å². The van der Waals surface area contributed by atoms with Crippen molar-refractivity contribution in [3.05, 3.63) is 53.6 Å². The molecule has 2 aromatic rings. The fourth-order valence-corrected chi connectivity index (χ4v) is 1.85. The van der Waals surface area contributed by atoms with Crippen LogP contribution in [0.5, 0.6) is 5.75 Å². The van der Waals surface area contributed by atoms with Crippen LogP contribution >= 0.6 is 0 Å². The van der Waals surface area contributed by atoms with Gasteiger partial charge in [-0.3, -0.25) is 9.97 Å². The van der Waals surface area contributed by atoms with Gasteiger partial charge in [0.2, 0.25) is 0 Å². The van der Waals surface area contributed by atoms with E-state index in [0.717, 1.165) is 23.6 Å². The second-order valence-electron chi connectivity index (χ2n) is 4.39. The van der Waals surface area contributed by atoms with Gasteiger partial charge in [0.25, 0.3) is 0 Å². The number of hydrogen-bond acceptors (Lipinski definition) is 4. The van der Waals surface area contributed by atoms with Crippen molar-refractivity contribution in [2.75, 3.05) is 13.7 Å². The molecule has 0 aliphatic carbocycles. The molecule has 0 unspecified atom stereocenters. The molecule has 0 saturated carbocycles. The summed E-state index contributed by atoms with van der Waals surface area (Å²) in [7, 11) is 1.91. The average molecular weight is 257 g/mol. The first-order chi connectivity index (χ1) is 9.29. The van der Waals surface area contributed by atoms with Crippen LogP contribution < -0.4 is 10.1 Å². The first-order valence-corrected chi connectivity index (χ1v) is 6.42. The van der Waals surface area contributed by atoms with E-state index in [1.807, 2.05) is 38.4 Å². The summed E-state index contributed by atoms with van der Waals surface area (Å²) in [6.45, 7) is 3.33. The molecule has 2 aromatic heterocycles. The lowest BCUT2D eigenvalue weighted by molar-refractivity contribution is 0.316. The Morgan fingerprint density at radius 1 is 1.26 bits per heavy atom. The number of rotatable bonds is 6. The zero-order valence-electron chi connectivity index (χ0n) is 11.4. The molecule has 4 nitrogen and oxygen atoms in total. The van der Waals surface area contributed by atoms with E-state index in [0.29, 0.717) is 13.2 Å².